The zero-order valence-corrected chi connectivity index (χ0v) is 9.28. The van der Waals surface area contributed by atoms with E-state index in [2.05, 4.69) is 9.47 Å². The Balaban J connectivity index is 2.87. The highest BCUT2D eigenvalue weighted by atomic mass is 16.5. The number of carbonyl (C=O) groups excluding carboxylic acids is 2. The predicted molar refractivity (Wildman–Crippen MR) is 54.0 cm³/mol. The van der Waals surface area contributed by atoms with Gasteiger partial charge in [-0.1, -0.05) is 11.6 Å². The smallest absolute Gasteiger partial charge is 0.313 e. The summed E-state index contributed by atoms with van der Waals surface area (Å²) in [4.78, 5) is 22.9. The minimum absolute atomic E-state index is 0.339. The first-order valence-electron chi connectivity index (χ1n) is 4.93. The van der Waals surface area contributed by atoms with E-state index in [1.54, 1.807) is 6.08 Å². The summed E-state index contributed by atoms with van der Waals surface area (Å²) in [5.74, 6) is -1.60. The van der Waals surface area contributed by atoms with Crippen LogP contribution in [0.25, 0.3) is 0 Å². The molecule has 0 bridgehead atoms. The standard InChI is InChI=1S/C11H16O4/c1-7-4-5-8(10(12)14-2)9(6-7)11(13)15-3/h6,8-9H,4-5H2,1-3H3. The Bertz CT molecular complexity index is 293. The first kappa shape index (κ1) is 11.8. The zero-order valence-electron chi connectivity index (χ0n) is 9.28. The maximum atomic E-state index is 11.5. The Morgan fingerprint density at radius 1 is 1.27 bits per heavy atom. The third-order valence-electron chi connectivity index (χ3n) is 2.72. The minimum atomic E-state index is -0.490. The van der Waals surface area contributed by atoms with Gasteiger partial charge >= 0.3 is 11.9 Å². The van der Waals surface area contributed by atoms with Gasteiger partial charge in [0.15, 0.2) is 0 Å². The van der Waals surface area contributed by atoms with Crippen molar-refractivity contribution in [1.29, 1.82) is 0 Å². The van der Waals surface area contributed by atoms with Crippen LogP contribution in [0.4, 0.5) is 0 Å². The van der Waals surface area contributed by atoms with E-state index < -0.39 is 11.8 Å². The molecule has 2 unspecified atom stereocenters. The van der Waals surface area contributed by atoms with Gasteiger partial charge in [-0.25, -0.2) is 0 Å². The lowest BCUT2D eigenvalue weighted by Crippen LogP contribution is -2.32. The first-order chi connectivity index (χ1) is 7.10. The predicted octanol–water partition coefficient (Wildman–Crippen LogP) is 1.30. The Morgan fingerprint density at radius 3 is 2.40 bits per heavy atom. The highest BCUT2D eigenvalue weighted by Crippen LogP contribution is 2.30. The molecule has 4 nitrogen and oxygen atoms in total. The van der Waals surface area contributed by atoms with E-state index in [1.165, 1.54) is 14.2 Å². The summed E-state index contributed by atoms with van der Waals surface area (Å²) in [5, 5.41) is 0. The van der Waals surface area contributed by atoms with Gasteiger partial charge in [-0.2, -0.15) is 0 Å². The van der Waals surface area contributed by atoms with Gasteiger partial charge in [0.05, 0.1) is 26.1 Å². The van der Waals surface area contributed by atoms with E-state index in [4.69, 9.17) is 0 Å². The average molecular weight is 212 g/mol. The van der Waals surface area contributed by atoms with Crippen LogP contribution in [-0.2, 0) is 19.1 Å². The van der Waals surface area contributed by atoms with E-state index in [0.717, 1.165) is 12.0 Å². The van der Waals surface area contributed by atoms with Crippen molar-refractivity contribution in [3.8, 4) is 0 Å². The molecule has 0 N–H and O–H groups in total. The molecule has 0 amide bonds. The molecule has 0 fully saturated rings. The maximum absolute atomic E-state index is 11.5. The van der Waals surface area contributed by atoms with E-state index in [1.807, 2.05) is 6.92 Å². The van der Waals surface area contributed by atoms with Crippen LogP contribution >= 0.6 is 0 Å². The van der Waals surface area contributed by atoms with E-state index >= 15 is 0 Å². The number of rotatable bonds is 2. The van der Waals surface area contributed by atoms with Crippen LogP contribution in [0.15, 0.2) is 11.6 Å². The second kappa shape index (κ2) is 4.96. The lowest BCUT2D eigenvalue weighted by molar-refractivity contribution is -0.156. The Hall–Kier alpha value is -1.32. The molecule has 1 rings (SSSR count). The summed E-state index contributed by atoms with van der Waals surface area (Å²) >= 11 is 0. The van der Waals surface area contributed by atoms with Crippen LogP contribution in [-0.4, -0.2) is 26.2 Å². The Morgan fingerprint density at radius 2 is 1.87 bits per heavy atom. The van der Waals surface area contributed by atoms with Crippen molar-refractivity contribution >= 4 is 11.9 Å². The van der Waals surface area contributed by atoms with Crippen LogP contribution in [0.2, 0.25) is 0 Å². The fourth-order valence-electron chi connectivity index (χ4n) is 1.85. The van der Waals surface area contributed by atoms with Crippen molar-refractivity contribution in [3.05, 3.63) is 11.6 Å². The molecule has 0 aromatic carbocycles. The van der Waals surface area contributed by atoms with Crippen molar-refractivity contribution < 1.29 is 19.1 Å². The van der Waals surface area contributed by atoms with Gasteiger partial charge in [-0.15, -0.1) is 0 Å². The highest BCUT2D eigenvalue weighted by Gasteiger charge is 2.35. The van der Waals surface area contributed by atoms with Crippen molar-refractivity contribution in [2.75, 3.05) is 14.2 Å². The number of methoxy groups -OCH3 is 2. The lowest BCUT2D eigenvalue weighted by Gasteiger charge is -2.25. The van der Waals surface area contributed by atoms with E-state index in [0.29, 0.717) is 6.42 Å². The van der Waals surface area contributed by atoms with Gasteiger partial charge < -0.3 is 9.47 Å². The second-order valence-corrected chi connectivity index (χ2v) is 3.73. The number of hydrogen-bond acceptors (Lipinski definition) is 4. The fraction of sp³-hybridized carbons (Fsp3) is 0.636. The van der Waals surface area contributed by atoms with Gasteiger partial charge in [0, 0.05) is 0 Å². The molecule has 0 heterocycles. The lowest BCUT2D eigenvalue weighted by atomic mass is 9.81. The Labute approximate surface area is 89.2 Å². The topological polar surface area (TPSA) is 52.6 Å². The molecule has 84 valence electrons. The van der Waals surface area contributed by atoms with Gasteiger partial charge in [-0.3, -0.25) is 9.59 Å². The van der Waals surface area contributed by atoms with Crippen molar-refractivity contribution in [2.24, 2.45) is 11.8 Å². The van der Waals surface area contributed by atoms with Crippen molar-refractivity contribution in [3.63, 3.8) is 0 Å². The maximum Gasteiger partial charge on any atom is 0.313 e. The van der Waals surface area contributed by atoms with Gasteiger partial charge in [0.25, 0.3) is 0 Å². The SMILES string of the molecule is COC(=O)C1C=C(C)CCC1C(=O)OC. The molecule has 0 aromatic heterocycles. The molecule has 0 aliphatic heterocycles. The van der Waals surface area contributed by atoms with E-state index in [-0.39, 0.29) is 11.9 Å². The third kappa shape index (κ3) is 2.58. The summed E-state index contributed by atoms with van der Waals surface area (Å²) < 4.78 is 9.35. The summed E-state index contributed by atoms with van der Waals surface area (Å²) in [6.07, 6.45) is 3.28. The molecule has 0 saturated carbocycles. The molecule has 0 radical (unpaired) electrons. The molecule has 15 heavy (non-hydrogen) atoms. The molecule has 1 aliphatic carbocycles. The summed E-state index contributed by atoms with van der Waals surface area (Å²) in [7, 11) is 2.66. The van der Waals surface area contributed by atoms with Crippen LogP contribution < -0.4 is 0 Å². The number of hydrogen-bond donors (Lipinski definition) is 0. The van der Waals surface area contributed by atoms with Crippen LogP contribution in [0.1, 0.15) is 19.8 Å². The first-order valence-corrected chi connectivity index (χ1v) is 4.93. The Kier molecular flexibility index (Phi) is 3.88. The summed E-state index contributed by atoms with van der Waals surface area (Å²) in [5.41, 5.74) is 1.12. The number of ether oxygens (including phenoxy) is 2. The van der Waals surface area contributed by atoms with Gasteiger partial charge in [0.1, 0.15) is 0 Å². The normalized spacial score (nSPS) is 25.4. The highest BCUT2D eigenvalue weighted by molar-refractivity contribution is 5.83. The fourth-order valence-corrected chi connectivity index (χ4v) is 1.85. The van der Waals surface area contributed by atoms with Gasteiger partial charge in [0.2, 0.25) is 0 Å². The molecule has 4 heteroatoms. The molecule has 0 spiro atoms. The van der Waals surface area contributed by atoms with Crippen LogP contribution in [0.3, 0.4) is 0 Å². The molecule has 0 aromatic rings. The molecule has 2 atom stereocenters. The largest absolute Gasteiger partial charge is 0.469 e. The third-order valence-corrected chi connectivity index (χ3v) is 2.72. The van der Waals surface area contributed by atoms with Crippen LogP contribution in [0, 0.1) is 11.8 Å². The van der Waals surface area contributed by atoms with Crippen LogP contribution in [0.5, 0.6) is 0 Å². The van der Waals surface area contributed by atoms with E-state index in [9.17, 15) is 9.59 Å². The summed E-state index contributed by atoms with van der Waals surface area (Å²) in [6, 6.07) is 0. The number of carbonyl (C=O) groups is 2. The monoisotopic (exact) mass is 212 g/mol. The van der Waals surface area contributed by atoms with Crippen molar-refractivity contribution in [1.82, 2.24) is 0 Å². The summed E-state index contributed by atoms with van der Waals surface area (Å²) in [6.45, 7) is 1.95. The number of esters is 2. The molecule has 1 aliphatic rings. The average Bonchev–Trinajstić information content (AvgIpc) is 2.26. The second-order valence-electron chi connectivity index (χ2n) is 3.73. The molecular weight excluding hydrogens is 196 g/mol. The minimum Gasteiger partial charge on any atom is -0.469 e. The zero-order chi connectivity index (χ0) is 11.4. The molecule has 0 saturated heterocycles. The van der Waals surface area contributed by atoms with Gasteiger partial charge in [-0.05, 0) is 19.8 Å². The quantitative estimate of drug-likeness (QED) is 0.511. The molecular formula is C11H16O4. The number of allylic oxidation sites excluding steroid dienone is 1. The van der Waals surface area contributed by atoms with Crippen molar-refractivity contribution in [2.45, 2.75) is 19.8 Å².